The number of benzene rings is 1. The zero-order valence-electron chi connectivity index (χ0n) is 10.9. The van der Waals surface area contributed by atoms with Crippen LogP contribution >= 0.6 is 38.9 Å². The van der Waals surface area contributed by atoms with E-state index in [2.05, 4.69) is 27.3 Å². The van der Waals surface area contributed by atoms with Crippen molar-refractivity contribution in [2.45, 2.75) is 25.3 Å². The molecule has 0 radical (unpaired) electrons. The van der Waals surface area contributed by atoms with Gasteiger partial charge in [0.05, 0.1) is 14.8 Å². The molecule has 1 unspecified atom stereocenters. The van der Waals surface area contributed by atoms with Gasteiger partial charge in [-0.1, -0.05) is 11.6 Å². The molecular formula is C14H12BrClN2O2S. The van der Waals surface area contributed by atoms with Gasteiger partial charge in [0, 0.05) is 16.0 Å². The van der Waals surface area contributed by atoms with Crippen LogP contribution in [0.15, 0.2) is 28.1 Å². The molecule has 0 amide bonds. The third-order valence-electron chi connectivity index (χ3n) is 3.57. The van der Waals surface area contributed by atoms with Gasteiger partial charge in [0.25, 0.3) is 5.69 Å². The summed E-state index contributed by atoms with van der Waals surface area (Å²) in [6.07, 6.45) is 3.13. The first-order valence-electron chi connectivity index (χ1n) is 6.53. The molecule has 1 N–H and O–H groups in total. The zero-order chi connectivity index (χ0) is 15.0. The Morgan fingerprint density at radius 3 is 3.00 bits per heavy atom. The first kappa shape index (κ1) is 14.8. The number of nitro groups is 1. The summed E-state index contributed by atoms with van der Waals surface area (Å²) in [6.45, 7) is 0. The van der Waals surface area contributed by atoms with Gasteiger partial charge in [-0.15, -0.1) is 11.3 Å². The lowest BCUT2D eigenvalue weighted by Crippen LogP contribution is -2.16. The minimum absolute atomic E-state index is 0.0175. The molecule has 7 heteroatoms. The molecule has 2 aromatic rings. The second kappa shape index (κ2) is 5.94. The highest BCUT2D eigenvalue weighted by Gasteiger charge is 2.25. The largest absolute Gasteiger partial charge is 0.373 e. The molecule has 1 aromatic heterocycles. The van der Waals surface area contributed by atoms with Gasteiger partial charge in [-0.25, -0.2) is 0 Å². The van der Waals surface area contributed by atoms with Crippen LogP contribution in [0.2, 0.25) is 5.02 Å². The molecule has 0 aliphatic heterocycles. The lowest BCUT2D eigenvalue weighted by atomic mass is 9.94. The minimum Gasteiger partial charge on any atom is -0.373 e. The van der Waals surface area contributed by atoms with E-state index >= 15 is 0 Å². The van der Waals surface area contributed by atoms with Crippen molar-refractivity contribution in [2.75, 3.05) is 5.32 Å². The summed E-state index contributed by atoms with van der Waals surface area (Å²) in [6, 6.07) is 6.95. The molecule has 0 bridgehead atoms. The van der Waals surface area contributed by atoms with Crippen LogP contribution in [0, 0.1) is 10.1 Å². The summed E-state index contributed by atoms with van der Waals surface area (Å²) in [4.78, 5) is 12.1. The Kier molecular flexibility index (Phi) is 4.19. The van der Waals surface area contributed by atoms with Gasteiger partial charge >= 0.3 is 0 Å². The summed E-state index contributed by atoms with van der Waals surface area (Å²) in [5.74, 6) is 0. The average Bonchev–Trinajstić information content (AvgIpc) is 2.82. The van der Waals surface area contributed by atoms with E-state index in [4.69, 9.17) is 11.6 Å². The second-order valence-electron chi connectivity index (χ2n) is 4.94. The number of anilines is 1. The molecule has 0 saturated carbocycles. The number of halogens is 2. The van der Waals surface area contributed by atoms with Gasteiger partial charge in [0.15, 0.2) is 0 Å². The molecule has 1 heterocycles. The SMILES string of the molecule is O=[N+]([O-])c1cc(Cl)ccc1NC1CCCc2sc(Br)cc21. The first-order valence-corrected chi connectivity index (χ1v) is 8.52. The predicted octanol–water partition coefficient (Wildman–Crippen LogP) is 5.56. The van der Waals surface area contributed by atoms with Crippen molar-refractivity contribution in [3.05, 3.63) is 53.6 Å². The molecule has 0 fully saturated rings. The van der Waals surface area contributed by atoms with Crippen LogP contribution in [0.5, 0.6) is 0 Å². The van der Waals surface area contributed by atoms with Crippen LogP contribution in [-0.4, -0.2) is 4.92 Å². The van der Waals surface area contributed by atoms with E-state index in [1.165, 1.54) is 16.5 Å². The Hall–Kier alpha value is -1.11. The smallest absolute Gasteiger partial charge is 0.293 e. The number of thiophene rings is 1. The third-order valence-corrected chi connectivity index (χ3v) is 5.52. The maximum Gasteiger partial charge on any atom is 0.293 e. The number of hydrogen-bond donors (Lipinski definition) is 1. The summed E-state index contributed by atoms with van der Waals surface area (Å²) >= 11 is 11.1. The van der Waals surface area contributed by atoms with Crippen LogP contribution in [-0.2, 0) is 6.42 Å². The standard InChI is InChI=1S/C14H12BrClN2O2S/c15-14-7-9-10(2-1-3-13(9)21-14)17-11-5-4-8(16)6-12(11)18(19)20/h4-7,10,17H,1-3H2. The number of hydrogen-bond acceptors (Lipinski definition) is 4. The number of fused-ring (bicyclic) bond motifs is 1. The minimum atomic E-state index is -0.401. The van der Waals surface area contributed by atoms with Crippen molar-refractivity contribution in [3.8, 4) is 0 Å². The van der Waals surface area contributed by atoms with Crippen molar-refractivity contribution in [2.24, 2.45) is 0 Å². The van der Waals surface area contributed by atoms with E-state index in [0.29, 0.717) is 10.7 Å². The number of nitro benzene ring substituents is 1. The number of nitrogens with zero attached hydrogens (tertiary/aromatic N) is 1. The Balaban J connectivity index is 1.93. The van der Waals surface area contributed by atoms with Crippen LogP contribution in [0.4, 0.5) is 11.4 Å². The van der Waals surface area contributed by atoms with Crippen molar-refractivity contribution in [1.82, 2.24) is 0 Å². The normalized spacial score (nSPS) is 17.3. The average molecular weight is 388 g/mol. The fourth-order valence-electron chi connectivity index (χ4n) is 2.64. The fraction of sp³-hybridized carbons (Fsp3) is 0.286. The van der Waals surface area contributed by atoms with Gasteiger partial charge in [0.1, 0.15) is 5.69 Å². The van der Waals surface area contributed by atoms with Crippen LogP contribution < -0.4 is 5.32 Å². The third kappa shape index (κ3) is 3.07. The summed E-state index contributed by atoms with van der Waals surface area (Å²) in [5.41, 5.74) is 1.77. The Morgan fingerprint density at radius 2 is 2.24 bits per heavy atom. The predicted molar refractivity (Wildman–Crippen MR) is 89.4 cm³/mol. The van der Waals surface area contributed by atoms with E-state index < -0.39 is 4.92 Å². The molecule has 4 nitrogen and oxygen atoms in total. The van der Waals surface area contributed by atoms with Crippen molar-refractivity contribution < 1.29 is 4.92 Å². The highest BCUT2D eigenvalue weighted by molar-refractivity contribution is 9.11. The fourth-order valence-corrected chi connectivity index (χ4v) is 4.62. The molecule has 110 valence electrons. The summed E-state index contributed by atoms with van der Waals surface area (Å²) in [5, 5.41) is 14.9. The van der Waals surface area contributed by atoms with Crippen LogP contribution in [0.3, 0.4) is 0 Å². The number of aryl methyl sites for hydroxylation is 1. The molecular weight excluding hydrogens is 376 g/mol. The van der Waals surface area contributed by atoms with Crippen molar-refractivity contribution in [1.29, 1.82) is 0 Å². The van der Waals surface area contributed by atoms with Crippen molar-refractivity contribution in [3.63, 3.8) is 0 Å². The lowest BCUT2D eigenvalue weighted by molar-refractivity contribution is -0.384. The topological polar surface area (TPSA) is 55.2 Å². The van der Waals surface area contributed by atoms with Crippen LogP contribution in [0.1, 0.15) is 29.3 Å². The maximum atomic E-state index is 11.2. The molecule has 3 rings (SSSR count). The van der Waals surface area contributed by atoms with E-state index in [0.717, 1.165) is 23.0 Å². The molecule has 1 aliphatic rings. The zero-order valence-corrected chi connectivity index (χ0v) is 14.1. The Labute approximate surface area is 139 Å². The Morgan fingerprint density at radius 1 is 1.43 bits per heavy atom. The molecule has 21 heavy (non-hydrogen) atoms. The molecule has 1 atom stereocenters. The molecule has 1 aromatic carbocycles. The van der Waals surface area contributed by atoms with Gasteiger partial charge in [-0.2, -0.15) is 0 Å². The number of rotatable bonds is 3. The highest BCUT2D eigenvalue weighted by Crippen LogP contribution is 2.41. The highest BCUT2D eigenvalue weighted by atomic mass is 79.9. The van der Waals surface area contributed by atoms with Gasteiger partial charge in [0.2, 0.25) is 0 Å². The van der Waals surface area contributed by atoms with E-state index in [1.54, 1.807) is 23.5 Å². The van der Waals surface area contributed by atoms with Crippen molar-refractivity contribution >= 4 is 50.2 Å². The molecule has 1 aliphatic carbocycles. The number of nitrogens with one attached hydrogen (secondary N) is 1. The van der Waals surface area contributed by atoms with Gasteiger partial charge in [-0.3, -0.25) is 10.1 Å². The quantitative estimate of drug-likeness (QED) is 0.554. The van der Waals surface area contributed by atoms with Crippen LogP contribution in [0.25, 0.3) is 0 Å². The first-order chi connectivity index (χ1) is 10.0. The Bertz CT molecular complexity index is 704. The van der Waals surface area contributed by atoms with E-state index in [9.17, 15) is 10.1 Å². The van der Waals surface area contributed by atoms with Gasteiger partial charge in [-0.05, 0) is 59.0 Å². The monoisotopic (exact) mass is 386 g/mol. The molecule has 0 saturated heterocycles. The maximum absolute atomic E-state index is 11.2. The van der Waals surface area contributed by atoms with E-state index in [-0.39, 0.29) is 11.7 Å². The lowest BCUT2D eigenvalue weighted by Gasteiger charge is -2.24. The van der Waals surface area contributed by atoms with E-state index in [1.807, 2.05) is 0 Å². The molecule has 0 spiro atoms. The second-order valence-corrected chi connectivity index (χ2v) is 7.89. The summed E-state index contributed by atoms with van der Waals surface area (Å²) in [7, 11) is 0. The summed E-state index contributed by atoms with van der Waals surface area (Å²) < 4.78 is 1.10. The van der Waals surface area contributed by atoms with Gasteiger partial charge < -0.3 is 5.32 Å².